The van der Waals surface area contributed by atoms with E-state index in [9.17, 15) is 13.9 Å². The first-order chi connectivity index (χ1) is 5.84. The number of aromatic nitrogens is 2. The molecule has 5 heteroatoms. The zero-order valence-corrected chi connectivity index (χ0v) is 7.75. The normalized spacial score (nSPS) is 12.5. The van der Waals surface area contributed by atoms with Crippen LogP contribution >= 0.6 is 0 Å². The summed E-state index contributed by atoms with van der Waals surface area (Å²) in [6, 6.07) is 0. The molecule has 1 heterocycles. The van der Waals surface area contributed by atoms with E-state index in [0.717, 1.165) is 0 Å². The molecule has 1 N–H and O–H groups in total. The third-order valence-corrected chi connectivity index (χ3v) is 1.76. The second-order valence-corrected chi connectivity index (χ2v) is 3.85. The van der Waals surface area contributed by atoms with Gasteiger partial charge in [0, 0.05) is 5.56 Å². The fourth-order valence-corrected chi connectivity index (χ4v) is 1.03. The van der Waals surface area contributed by atoms with Crippen molar-refractivity contribution >= 4 is 0 Å². The number of halogens is 2. The standard InChI is InChI=1S/C8H12F2N2O/c1-8(2,3)5-4-11-12(6(5)13)7(9)10/h4,7,13H,1-3H3. The quantitative estimate of drug-likeness (QED) is 0.737. The Morgan fingerprint density at radius 3 is 2.23 bits per heavy atom. The zero-order chi connectivity index (χ0) is 10.2. The van der Waals surface area contributed by atoms with E-state index in [1.165, 1.54) is 6.20 Å². The van der Waals surface area contributed by atoms with Gasteiger partial charge < -0.3 is 5.11 Å². The third-order valence-electron chi connectivity index (χ3n) is 1.76. The van der Waals surface area contributed by atoms with Crippen LogP contribution in [0, 0.1) is 0 Å². The van der Waals surface area contributed by atoms with Gasteiger partial charge in [-0.15, -0.1) is 0 Å². The van der Waals surface area contributed by atoms with Gasteiger partial charge in [-0.25, -0.2) is 0 Å². The summed E-state index contributed by atoms with van der Waals surface area (Å²) in [5, 5.41) is 12.8. The molecule has 0 radical (unpaired) electrons. The molecule has 1 aromatic rings. The molecule has 0 spiro atoms. The Morgan fingerprint density at radius 1 is 1.46 bits per heavy atom. The highest BCUT2D eigenvalue weighted by molar-refractivity contribution is 5.29. The SMILES string of the molecule is CC(C)(C)c1cnn(C(F)F)c1O. The maximum atomic E-state index is 12.2. The van der Waals surface area contributed by atoms with Crippen LogP contribution in [-0.4, -0.2) is 14.9 Å². The van der Waals surface area contributed by atoms with Crippen molar-refractivity contribution in [2.24, 2.45) is 0 Å². The van der Waals surface area contributed by atoms with E-state index in [1.807, 2.05) is 20.8 Å². The highest BCUT2D eigenvalue weighted by Gasteiger charge is 2.24. The molecule has 0 saturated carbocycles. The van der Waals surface area contributed by atoms with Crippen LogP contribution in [0.1, 0.15) is 32.9 Å². The number of nitrogens with zero attached hydrogens (tertiary/aromatic N) is 2. The second-order valence-electron chi connectivity index (χ2n) is 3.85. The molecule has 0 aliphatic carbocycles. The molecule has 1 aromatic heterocycles. The van der Waals surface area contributed by atoms with Gasteiger partial charge in [-0.1, -0.05) is 20.8 Å². The van der Waals surface area contributed by atoms with Gasteiger partial charge in [0.15, 0.2) is 0 Å². The first-order valence-electron chi connectivity index (χ1n) is 3.89. The van der Waals surface area contributed by atoms with Crippen LogP contribution in [0.2, 0.25) is 0 Å². The van der Waals surface area contributed by atoms with Gasteiger partial charge in [-0.05, 0) is 5.41 Å². The summed E-state index contributed by atoms with van der Waals surface area (Å²) in [5.74, 6) is -0.456. The maximum absolute atomic E-state index is 12.2. The van der Waals surface area contributed by atoms with Gasteiger partial charge in [0.1, 0.15) is 0 Å². The fourth-order valence-electron chi connectivity index (χ4n) is 1.03. The molecule has 74 valence electrons. The lowest BCUT2D eigenvalue weighted by atomic mass is 9.89. The summed E-state index contributed by atoms with van der Waals surface area (Å²) in [6.07, 6.45) is 1.27. The molecular weight excluding hydrogens is 178 g/mol. The van der Waals surface area contributed by atoms with E-state index < -0.39 is 12.4 Å². The number of hydrogen-bond acceptors (Lipinski definition) is 2. The second kappa shape index (κ2) is 2.97. The molecule has 0 unspecified atom stereocenters. The molecule has 0 atom stereocenters. The molecule has 0 aliphatic heterocycles. The van der Waals surface area contributed by atoms with Crippen LogP contribution < -0.4 is 0 Å². The maximum Gasteiger partial charge on any atom is 0.336 e. The first-order valence-corrected chi connectivity index (χ1v) is 3.89. The molecule has 0 bridgehead atoms. The van der Waals surface area contributed by atoms with Crippen molar-refractivity contribution in [3.05, 3.63) is 11.8 Å². The van der Waals surface area contributed by atoms with Crippen LogP contribution in [0.5, 0.6) is 5.88 Å². The smallest absolute Gasteiger partial charge is 0.336 e. The zero-order valence-electron chi connectivity index (χ0n) is 7.75. The van der Waals surface area contributed by atoms with Gasteiger partial charge >= 0.3 is 6.55 Å². The minimum absolute atomic E-state index is 0.306. The van der Waals surface area contributed by atoms with E-state index in [2.05, 4.69) is 5.10 Å². The summed E-state index contributed by atoms with van der Waals surface area (Å²) < 4.78 is 24.6. The molecule has 0 fully saturated rings. The highest BCUT2D eigenvalue weighted by atomic mass is 19.3. The molecule has 0 aliphatic rings. The number of hydrogen-bond donors (Lipinski definition) is 1. The van der Waals surface area contributed by atoms with E-state index in [1.54, 1.807) is 0 Å². The summed E-state index contributed by atoms with van der Waals surface area (Å²) in [5.41, 5.74) is 0.0461. The average Bonchev–Trinajstić information content (AvgIpc) is 2.28. The summed E-state index contributed by atoms with van der Waals surface area (Å²) in [7, 11) is 0. The van der Waals surface area contributed by atoms with Crippen molar-refractivity contribution in [1.82, 2.24) is 9.78 Å². The Morgan fingerprint density at radius 2 is 2.00 bits per heavy atom. The molecule has 1 rings (SSSR count). The van der Waals surface area contributed by atoms with E-state index in [-0.39, 0.29) is 5.41 Å². The minimum Gasteiger partial charge on any atom is -0.493 e. The predicted molar refractivity (Wildman–Crippen MR) is 43.8 cm³/mol. The van der Waals surface area contributed by atoms with Gasteiger partial charge in [-0.3, -0.25) is 0 Å². The molecule has 0 aromatic carbocycles. The number of rotatable bonds is 1. The Hall–Kier alpha value is -1.13. The summed E-state index contributed by atoms with van der Waals surface area (Å²) >= 11 is 0. The fraction of sp³-hybridized carbons (Fsp3) is 0.625. The topological polar surface area (TPSA) is 38.0 Å². The predicted octanol–water partition coefficient (Wildman–Crippen LogP) is 2.28. The van der Waals surface area contributed by atoms with Gasteiger partial charge in [0.05, 0.1) is 6.20 Å². The Kier molecular flexibility index (Phi) is 2.28. The molecule has 3 nitrogen and oxygen atoms in total. The van der Waals surface area contributed by atoms with Gasteiger partial charge in [-0.2, -0.15) is 18.6 Å². The van der Waals surface area contributed by atoms with Crippen LogP contribution in [0.3, 0.4) is 0 Å². The van der Waals surface area contributed by atoms with Crippen molar-refractivity contribution in [3.63, 3.8) is 0 Å². The minimum atomic E-state index is -2.80. The van der Waals surface area contributed by atoms with E-state index in [0.29, 0.717) is 10.2 Å². The number of alkyl halides is 2. The average molecular weight is 190 g/mol. The van der Waals surface area contributed by atoms with Crippen LogP contribution in [0.4, 0.5) is 8.78 Å². The highest BCUT2D eigenvalue weighted by Crippen LogP contribution is 2.32. The van der Waals surface area contributed by atoms with E-state index >= 15 is 0 Å². The largest absolute Gasteiger partial charge is 0.493 e. The first kappa shape index (κ1) is 9.95. The van der Waals surface area contributed by atoms with Crippen LogP contribution in [0.25, 0.3) is 0 Å². The Balaban J connectivity index is 3.14. The number of aromatic hydroxyl groups is 1. The van der Waals surface area contributed by atoms with Crippen molar-refractivity contribution in [2.45, 2.75) is 32.7 Å². The lowest BCUT2D eigenvalue weighted by molar-refractivity contribution is 0.0478. The monoisotopic (exact) mass is 190 g/mol. The van der Waals surface area contributed by atoms with Crippen molar-refractivity contribution in [2.75, 3.05) is 0 Å². The molecule has 13 heavy (non-hydrogen) atoms. The van der Waals surface area contributed by atoms with Crippen molar-refractivity contribution < 1.29 is 13.9 Å². The Bertz CT molecular complexity index is 302. The Labute approximate surface area is 75.0 Å². The van der Waals surface area contributed by atoms with Crippen molar-refractivity contribution in [3.8, 4) is 5.88 Å². The third kappa shape index (κ3) is 1.79. The lowest BCUT2D eigenvalue weighted by Crippen LogP contribution is -2.10. The lowest BCUT2D eigenvalue weighted by Gasteiger charge is -2.16. The van der Waals surface area contributed by atoms with Gasteiger partial charge in [0.2, 0.25) is 5.88 Å². The molecular formula is C8H12F2N2O. The van der Waals surface area contributed by atoms with Gasteiger partial charge in [0.25, 0.3) is 0 Å². The van der Waals surface area contributed by atoms with Crippen molar-refractivity contribution in [1.29, 1.82) is 0 Å². The summed E-state index contributed by atoms with van der Waals surface area (Å²) in [6.45, 7) is 2.66. The molecule has 0 amide bonds. The van der Waals surface area contributed by atoms with Crippen LogP contribution in [-0.2, 0) is 5.41 Å². The van der Waals surface area contributed by atoms with Crippen LogP contribution in [0.15, 0.2) is 6.20 Å². The summed E-state index contributed by atoms with van der Waals surface area (Å²) in [4.78, 5) is 0. The molecule has 0 saturated heterocycles. The van der Waals surface area contributed by atoms with E-state index in [4.69, 9.17) is 0 Å².